The summed E-state index contributed by atoms with van der Waals surface area (Å²) in [6.45, 7) is 0.740. The molecule has 0 fully saturated rings. The number of carbonyl (C=O) groups excluding carboxylic acids is 1. The third-order valence-corrected chi connectivity index (χ3v) is 3.24. The van der Waals surface area contributed by atoms with E-state index in [1.54, 1.807) is 11.4 Å². The van der Waals surface area contributed by atoms with E-state index in [4.69, 9.17) is 11.6 Å². The van der Waals surface area contributed by atoms with Crippen molar-refractivity contribution in [3.05, 3.63) is 21.3 Å². The summed E-state index contributed by atoms with van der Waals surface area (Å²) in [5.41, 5.74) is 0. The van der Waals surface area contributed by atoms with Gasteiger partial charge in [0.05, 0.1) is 11.1 Å². The fourth-order valence-electron chi connectivity index (χ4n) is 1.23. The first-order valence-corrected chi connectivity index (χ1v) is 6.10. The molecule has 0 aromatic carbocycles. The highest BCUT2D eigenvalue weighted by Gasteiger charge is 2.13. The molecule has 2 N–H and O–H groups in total. The molecule has 0 bridgehead atoms. The van der Waals surface area contributed by atoms with Crippen molar-refractivity contribution in [2.45, 2.75) is 6.10 Å². The van der Waals surface area contributed by atoms with Gasteiger partial charge >= 0.3 is 0 Å². The first kappa shape index (κ1) is 13.4. The number of hydrogen-bond donors (Lipinski definition) is 2. The third-order valence-electron chi connectivity index (χ3n) is 1.90. The SMILES string of the molecule is CN(C)C[C@@H](O)CNC(=O)c1sccc1Cl. The van der Waals surface area contributed by atoms with Crippen molar-refractivity contribution in [3.63, 3.8) is 0 Å². The number of amides is 1. The summed E-state index contributed by atoms with van der Waals surface area (Å²) < 4.78 is 0. The molecule has 0 spiro atoms. The lowest BCUT2D eigenvalue weighted by Crippen LogP contribution is -2.37. The molecule has 1 atom stereocenters. The van der Waals surface area contributed by atoms with Crippen LogP contribution in [0.3, 0.4) is 0 Å². The number of thiophene rings is 1. The zero-order chi connectivity index (χ0) is 12.1. The maximum Gasteiger partial charge on any atom is 0.262 e. The first-order chi connectivity index (χ1) is 7.50. The Hall–Kier alpha value is -0.620. The second-order valence-electron chi connectivity index (χ2n) is 3.72. The van der Waals surface area contributed by atoms with Crippen molar-refractivity contribution >= 4 is 28.8 Å². The highest BCUT2D eigenvalue weighted by molar-refractivity contribution is 7.12. The van der Waals surface area contributed by atoms with E-state index in [-0.39, 0.29) is 12.5 Å². The molecule has 4 nitrogen and oxygen atoms in total. The molecule has 16 heavy (non-hydrogen) atoms. The van der Waals surface area contributed by atoms with Crippen molar-refractivity contribution in [2.75, 3.05) is 27.2 Å². The minimum Gasteiger partial charge on any atom is -0.390 e. The minimum absolute atomic E-state index is 0.227. The van der Waals surface area contributed by atoms with Gasteiger partial charge < -0.3 is 15.3 Å². The molecule has 0 saturated carbocycles. The summed E-state index contributed by atoms with van der Waals surface area (Å²) in [6, 6.07) is 1.68. The van der Waals surface area contributed by atoms with Gasteiger partial charge in [0.25, 0.3) is 5.91 Å². The van der Waals surface area contributed by atoms with E-state index in [9.17, 15) is 9.90 Å². The Kier molecular flexibility index (Phi) is 5.21. The van der Waals surface area contributed by atoms with Crippen LogP contribution in [0.5, 0.6) is 0 Å². The zero-order valence-electron chi connectivity index (χ0n) is 9.24. The van der Waals surface area contributed by atoms with Crippen LogP contribution in [0.25, 0.3) is 0 Å². The lowest BCUT2D eigenvalue weighted by molar-refractivity contribution is 0.0896. The number of carbonyl (C=O) groups is 1. The largest absolute Gasteiger partial charge is 0.390 e. The molecule has 0 aliphatic rings. The maximum atomic E-state index is 11.6. The third kappa shape index (κ3) is 4.09. The Morgan fingerprint density at radius 1 is 1.69 bits per heavy atom. The first-order valence-electron chi connectivity index (χ1n) is 4.84. The van der Waals surface area contributed by atoms with E-state index in [0.29, 0.717) is 16.4 Å². The molecule has 1 rings (SSSR count). The summed E-state index contributed by atoms with van der Waals surface area (Å²) in [5, 5.41) is 14.4. The normalized spacial score (nSPS) is 12.8. The van der Waals surface area contributed by atoms with Crippen molar-refractivity contribution in [1.29, 1.82) is 0 Å². The van der Waals surface area contributed by atoms with Gasteiger partial charge in [0.15, 0.2) is 0 Å². The number of nitrogens with zero attached hydrogens (tertiary/aromatic N) is 1. The molecule has 0 unspecified atom stereocenters. The van der Waals surface area contributed by atoms with Gasteiger partial charge in [-0.2, -0.15) is 0 Å². The van der Waals surface area contributed by atoms with Crippen LogP contribution in [0.2, 0.25) is 5.02 Å². The van der Waals surface area contributed by atoms with E-state index in [0.717, 1.165) is 0 Å². The molecule has 0 aliphatic carbocycles. The fraction of sp³-hybridized carbons (Fsp3) is 0.500. The van der Waals surface area contributed by atoms with E-state index in [1.165, 1.54) is 11.3 Å². The van der Waals surface area contributed by atoms with Gasteiger partial charge in [0.2, 0.25) is 0 Å². The van der Waals surface area contributed by atoms with Crippen LogP contribution in [-0.4, -0.2) is 49.2 Å². The number of aliphatic hydroxyl groups excluding tert-OH is 1. The molecule has 6 heteroatoms. The summed E-state index contributed by atoms with van der Waals surface area (Å²) in [4.78, 5) is 13.9. The van der Waals surface area contributed by atoms with Crippen LogP contribution >= 0.6 is 22.9 Å². The van der Waals surface area contributed by atoms with Crippen molar-refractivity contribution in [1.82, 2.24) is 10.2 Å². The summed E-state index contributed by atoms with van der Waals surface area (Å²) >= 11 is 7.10. The monoisotopic (exact) mass is 262 g/mol. The van der Waals surface area contributed by atoms with Crippen molar-refractivity contribution < 1.29 is 9.90 Å². The number of rotatable bonds is 5. The molecule has 90 valence electrons. The van der Waals surface area contributed by atoms with Gasteiger partial charge in [-0.1, -0.05) is 11.6 Å². The lowest BCUT2D eigenvalue weighted by atomic mass is 10.3. The van der Waals surface area contributed by atoms with Crippen LogP contribution < -0.4 is 5.32 Å². The number of nitrogens with one attached hydrogen (secondary N) is 1. The molecule has 1 heterocycles. The van der Waals surface area contributed by atoms with Gasteiger partial charge in [-0.05, 0) is 25.5 Å². The zero-order valence-corrected chi connectivity index (χ0v) is 10.8. The van der Waals surface area contributed by atoms with Gasteiger partial charge in [0, 0.05) is 13.1 Å². The molecular formula is C10H15ClN2O2S. The standard InChI is InChI=1S/C10H15ClN2O2S/c1-13(2)6-7(14)5-12-10(15)9-8(11)3-4-16-9/h3-4,7,14H,5-6H2,1-2H3,(H,12,15)/t7-/m0/s1. The highest BCUT2D eigenvalue weighted by atomic mass is 35.5. The average molecular weight is 263 g/mol. The molecule has 0 radical (unpaired) electrons. The lowest BCUT2D eigenvalue weighted by Gasteiger charge is -2.16. The maximum absolute atomic E-state index is 11.6. The van der Waals surface area contributed by atoms with E-state index < -0.39 is 6.10 Å². The highest BCUT2D eigenvalue weighted by Crippen LogP contribution is 2.21. The Morgan fingerprint density at radius 2 is 2.38 bits per heavy atom. The van der Waals surface area contributed by atoms with Crippen LogP contribution in [-0.2, 0) is 0 Å². The van der Waals surface area contributed by atoms with Crippen LogP contribution in [0.1, 0.15) is 9.67 Å². The number of likely N-dealkylation sites (N-methyl/N-ethyl adjacent to an activating group) is 1. The summed E-state index contributed by atoms with van der Waals surface area (Å²) in [5.74, 6) is -0.238. The van der Waals surface area contributed by atoms with Gasteiger partial charge in [0.1, 0.15) is 4.88 Å². The molecule has 1 aromatic heterocycles. The quantitative estimate of drug-likeness (QED) is 0.834. The Labute approximate surface area is 104 Å². The van der Waals surface area contributed by atoms with E-state index >= 15 is 0 Å². The molecule has 0 aliphatic heterocycles. The molecule has 1 aromatic rings. The van der Waals surface area contributed by atoms with Gasteiger partial charge in [-0.25, -0.2) is 0 Å². The predicted octanol–water partition coefficient (Wildman–Crippen LogP) is 1.05. The minimum atomic E-state index is -0.572. The van der Waals surface area contributed by atoms with Gasteiger partial charge in [-0.15, -0.1) is 11.3 Å². The Bertz CT molecular complexity index is 354. The number of halogens is 1. The second-order valence-corrected chi connectivity index (χ2v) is 5.05. The smallest absolute Gasteiger partial charge is 0.262 e. The molecule has 1 amide bonds. The van der Waals surface area contributed by atoms with Crippen LogP contribution in [0.15, 0.2) is 11.4 Å². The molecule has 0 saturated heterocycles. The number of aliphatic hydroxyl groups is 1. The average Bonchev–Trinajstić information content (AvgIpc) is 2.60. The fourth-order valence-corrected chi connectivity index (χ4v) is 2.29. The Balaban J connectivity index is 2.39. The van der Waals surface area contributed by atoms with Crippen LogP contribution in [0, 0.1) is 0 Å². The van der Waals surface area contributed by atoms with E-state index in [1.807, 2.05) is 19.0 Å². The number of hydrogen-bond acceptors (Lipinski definition) is 4. The molecular weight excluding hydrogens is 248 g/mol. The Morgan fingerprint density at radius 3 is 2.88 bits per heavy atom. The predicted molar refractivity (Wildman–Crippen MR) is 66.2 cm³/mol. The van der Waals surface area contributed by atoms with Crippen LogP contribution in [0.4, 0.5) is 0 Å². The second kappa shape index (κ2) is 6.20. The summed E-state index contributed by atoms with van der Waals surface area (Å²) in [7, 11) is 3.72. The summed E-state index contributed by atoms with van der Waals surface area (Å²) in [6.07, 6.45) is -0.572. The van der Waals surface area contributed by atoms with E-state index in [2.05, 4.69) is 5.32 Å². The van der Waals surface area contributed by atoms with Crippen molar-refractivity contribution in [2.24, 2.45) is 0 Å². The van der Waals surface area contributed by atoms with Crippen molar-refractivity contribution in [3.8, 4) is 0 Å². The topological polar surface area (TPSA) is 52.6 Å². The van der Waals surface area contributed by atoms with Gasteiger partial charge in [-0.3, -0.25) is 4.79 Å².